The number of carbonyl (C=O) groups excluding carboxylic acids is 1. The number of anilines is 1. The highest BCUT2D eigenvalue weighted by Crippen LogP contribution is 2.50. The van der Waals surface area contributed by atoms with E-state index < -0.39 is 0 Å². The molecule has 2 aliphatic rings. The number of nitrogens with zero attached hydrogens (tertiary/aromatic N) is 1. The molecule has 1 atom stereocenters. The summed E-state index contributed by atoms with van der Waals surface area (Å²) in [6.07, 6.45) is 4.40. The highest BCUT2D eigenvalue weighted by molar-refractivity contribution is 8.18. The van der Waals surface area contributed by atoms with Gasteiger partial charge in [-0.2, -0.15) is 0 Å². The maximum atomic E-state index is 13.2. The summed E-state index contributed by atoms with van der Waals surface area (Å²) >= 11 is 3.92. The molecular weight excluding hydrogens is 458 g/mol. The summed E-state index contributed by atoms with van der Waals surface area (Å²) < 4.78 is -0.156. The highest BCUT2D eigenvalue weighted by Gasteiger charge is 2.36. The summed E-state index contributed by atoms with van der Waals surface area (Å²) in [7, 11) is 0. The van der Waals surface area contributed by atoms with Gasteiger partial charge in [-0.05, 0) is 58.4 Å². The third-order valence-electron chi connectivity index (χ3n) is 6.69. The van der Waals surface area contributed by atoms with Crippen LogP contribution < -0.4 is 10.6 Å². The molecule has 2 heterocycles. The number of nitrogens with one attached hydrogen (secondary N) is 2. The first-order valence-corrected chi connectivity index (χ1v) is 14.4. The van der Waals surface area contributed by atoms with Gasteiger partial charge in [-0.1, -0.05) is 70.2 Å². The molecule has 4 rings (SSSR count). The topological polar surface area (TPSA) is 53.5 Å². The van der Waals surface area contributed by atoms with E-state index in [0.717, 1.165) is 30.2 Å². The number of para-hydroxylation sites is 1. The van der Waals surface area contributed by atoms with Crippen LogP contribution in [0.25, 0.3) is 0 Å². The molecule has 0 bridgehead atoms. The van der Waals surface area contributed by atoms with Gasteiger partial charge in [0.25, 0.3) is 0 Å². The zero-order chi connectivity index (χ0) is 24.1. The van der Waals surface area contributed by atoms with Gasteiger partial charge < -0.3 is 10.6 Å². The Morgan fingerprint density at radius 2 is 1.68 bits per heavy atom. The highest BCUT2D eigenvalue weighted by atomic mass is 32.2. The number of amides is 2. The Kier molecular flexibility index (Phi) is 8.30. The lowest BCUT2D eigenvalue weighted by Crippen LogP contribution is -2.40. The Morgan fingerprint density at radius 3 is 2.24 bits per heavy atom. The lowest BCUT2D eigenvalue weighted by molar-refractivity contribution is 0.252. The van der Waals surface area contributed by atoms with Crippen LogP contribution in [0.4, 0.5) is 10.5 Å². The molecule has 2 aromatic rings. The van der Waals surface area contributed by atoms with Crippen LogP contribution in [-0.4, -0.2) is 36.8 Å². The van der Waals surface area contributed by atoms with Crippen LogP contribution in [0.5, 0.6) is 0 Å². The van der Waals surface area contributed by atoms with Gasteiger partial charge in [-0.3, -0.25) is 4.99 Å². The van der Waals surface area contributed by atoms with Crippen molar-refractivity contribution >= 4 is 41.5 Å². The van der Waals surface area contributed by atoms with E-state index in [2.05, 4.69) is 92.0 Å². The normalized spacial score (nSPS) is 19.5. The van der Waals surface area contributed by atoms with Crippen molar-refractivity contribution in [2.24, 2.45) is 4.99 Å². The maximum absolute atomic E-state index is 13.2. The van der Waals surface area contributed by atoms with Crippen molar-refractivity contribution in [1.82, 2.24) is 5.32 Å². The van der Waals surface area contributed by atoms with E-state index in [-0.39, 0.29) is 10.1 Å². The fourth-order valence-corrected chi connectivity index (χ4v) is 7.93. The number of carbonyl (C=O) groups is 1. The number of aliphatic imine (C=N–C) groups is 1. The van der Waals surface area contributed by atoms with Gasteiger partial charge in [0.05, 0.1) is 0 Å². The predicted octanol–water partition coefficient (Wildman–Crippen LogP) is 7.34. The summed E-state index contributed by atoms with van der Waals surface area (Å²) in [4.78, 5) is 17.5. The Labute approximate surface area is 213 Å². The van der Waals surface area contributed by atoms with E-state index in [1.54, 1.807) is 0 Å². The van der Waals surface area contributed by atoms with Crippen molar-refractivity contribution in [3.8, 4) is 0 Å². The summed E-state index contributed by atoms with van der Waals surface area (Å²) in [6, 6.07) is 15.2. The van der Waals surface area contributed by atoms with Crippen molar-refractivity contribution < 1.29 is 4.79 Å². The fraction of sp³-hybridized carbons (Fsp3) is 0.500. The van der Waals surface area contributed by atoms with Gasteiger partial charge in [0, 0.05) is 30.9 Å². The third kappa shape index (κ3) is 5.65. The zero-order valence-electron chi connectivity index (χ0n) is 20.8. The van der Waals surface area contributed by atoms with Gasteiger partial charge in [-0.15, -0.1) is 23.5 Å². The minimum absolute atomic E-state index is 0.125. The van der Waals surface area contributed by atoms with Gasteiger partial charge >= 0.3 is 6.03 Å². The van der Waals surface area contributed by atoms with Gasteiger partial charge in [0.1, 0.15) is 4.08 Å². The average molecular weight is 496 g/mol. The minimum Gasteiger partial charge on any atom is -0.335 e. The second kappa shape index (κ2) is 11.2. The lowest BCUT2D eigenvalue weighted by Gasteiger charge is -2.37. The zero-order valence-corrected chi connectivity index (χ0v) is 22.4. The van der Waals surface area contributed by atoms with Crippen LogP contribution in [0.15, 0.2) is 47.5 Å². The number of hydrogen-bond acceptors (Lipinski definition) is 4. The number of urea groups is 1. The molecule has 2 amide bonds. The molecule has 0 spiro atoms. The number of benzene rings is 2. The lowest BCUT2D eigenvalue weighted by atomic mass is 9.93. The minimum atomic E-state index is -0.156. The molecule has 182 valence electrons. The summed E-state index contributed by atoms with van der Waals surface area (Å²) in [6.45, 7) is 10.2. The molecule has 2 aliphatic heterocycles. The van der Waals surface area contributed by atoms with Crippen LogP contribution in [0.3, 0.4) is 0 Å². The third-order valence-corrected chi connectivity index (χ3v) is 10.1. The van der Waals surface area contributed by atoms with Crippen molar-refractivity contribution in [2.45, 2.75) is 62.4 Å². The Hall–Kier alpha value is -1.92. The van der Waals surface area contributed by atoms with Crippen LogP contribution in [0.2, 0.25) is 0 Å². The van der Waals surface area contributed by atoms with Crippen molar-refractivity contribution in [3.05, 3.63) is 64.7 Å². The van der Waals surface area contributed by atoms with Gasteiger partial charge in [-0.25, -0.2) is 4.79 Å². The van der Waals surface area contributed by atoms with Crippen LogP contribution >= 0.6 is 23.5 Å². The molecule has 0 saturated carbocycles. The molecule has 0 aliphatic carbocycles. The van der Waals surface area contributed by atoms with Crippen LogP contribution in [0, 0.1) is 0 Å². The number of hydrogen-bond donors (Lipinski definition) is 2. The second-order valence-electron chi connectivity index (χ2n) is 9.80. The van der Waals surface area contributed by atoms with E-state index in [1.165, 1.54) is 28.7 Å². The number of rotatable bonds is 7. The van der Waals surface area contributed by atoms with E-state index >= 15 is 0 Å². The number of thioether (sulfide) groups is 2. The monoisotopic (exact) mass is 495 g/mol. The molecule has 1 saturated heterocycles. The Morgan fingerprint density at radius 1 is 1.03 bits per heavy atom. The molecule has 2 aromatic carbocycles. The first-order valence-electron chi connectivity index (χ1n) is 12.5. The molecule has 1 fully saturated rings. The smallest absolute Gasteiger partial charge is 0.319 e. The summed E-state index contributed by atoms with van der Waals surface area (Å²) in [5, 5.41) is 6.44. The first-order chi connectivity index (χ1) is 16.4. The predicted molar refractivity (Wildman–Crippen MR) is 150 cm³/mol. The summed E-state index contributed by atoms with van der Waals surface area (Å²) in [5.74, 6) is 3.35. The fourth-order valence-electron chi connectivity index (χ4n) is 4.72. The quantitative estimate of drug-likeness (QED) is 0.423. The first kappa shape index (κ1) is 25.2. The van der Waals surface area contributed by atoms with Crippen molar-refractivity contribution in [1.29, 1.82) is 0 Å². The van der Waals surface area contributed by atoms with Crippen LogP contribution in [-0.2, 0) is 4.08 Å². The second-order valence-corrected chi connectivity index (χ2v) is 12.9. The molecule has 2 N–H and O–H groups in total. The Balaban J connectivity index is 1.50. The molecular formula is C28H37N3OS2. The molecule has 0 aromatic heterocycles. The average Bonchev–Trinajstić information content (AvgIpc) is 3.38. The van der Waals surface area contributed by atoms with Crippen LogP contribution in [0.1, 0.15) is 80.5 Å². The van der Waals surface area contributed by atoms with E-state index in [4.69, 9.17) is 0 Å². The van der Waals surface area contributed by atoms with Crippen molar-refractivity contribution in [2.75, 3.05) is 29.9 Å². The van der Waals surface area contributed by atoms with Gasteiger partial charge in [0.2, 0.25) is 0 Å². The van der Waals surface area contributed by atoms with E-state index in [1.807, 2.05) is 23.5 Å². The van der Waals surface area contributed by atoms with Crippen molar-refractivity contribution in [3.63, 3.8) is 0 Å². The molecule has 0 radical (unpaired) electrons. The maximum Gasteiger partial charge on any atom is 0.319 e. The molecule has 1 unspecified atom stereocenters. The SMILES string of the molecule is CC(C)c1cccc(C(C)C)c1NC(=O)NCC1(c2ccc(C3C=NCC3)cc2)SCCCS1. The van der Waals surface area contributed by atoms with E-state index in [9.17, 15) is 4.79 Å². The molecule has 6 heteroatoms. The molecule has 34 heavy (non-hydrogen) atoms. The summed E-state index contributed by atoms with van der Waals surface area (Å²) in [5.41, 5.74) is 5.95. The van der Waals surface area contributed by atoms with Gasteiger partial charge in [0.15, 0.2) is 0 Å². The standard InChI is InChI=1S/C28H37N3OS2/c1-19(2)24-7-5-8-25(20(3)4)26(24)31-27(32)30-18-28(33-15-6-16-34-28)23-11-9-21(10-12-23)22-13-14-29-17-22/h5,7-12,17,19-20,22H,6,13-16,18H2,1-4H3,(H2,30,31,32). The molecule has 4 nitrogen and oxygen atoms in total. The van der Waals surface area contributed by atoms with E-state index in [0.29, 0.717) is 24.3 Å². The largest absolute Gasteiger partial charge is 0.335 e. The Bertz CT molecular complexity index is 985.